The van der Waals surface area contributed by atoms with Crippen LogP contribution in [0.1, 0.15) is 18.1 Å². The first kappa shape index (κ1) is 14.1. The average molecular weight is 271 g/mol. The van der Waals surface area contributed by atoms with Crippen LogP contribution in [0.4, 0.5) is 0 Å². The fraction of sp³-hybridized carbons (Fsp3) is 0.333. The van der Waals surface area contributed by atoms with Gasteiger partial charge in [0, 0.05) is 32.5 Å². The molecule has 0 aliphatic carbocycles. The number of guanidine groups is 1. The highest BCUT2D eigenvalue weighted by Gasteiger charge is 2.04. The van der Waals surface area contributed by atoms with Crippen molar-refractivity contribution < 1.29 is 0 Å². The van der Waals surface area contributed by atoms with Crippen LogP contribution in [0.15, 0.2) is 47.7 Å². The van der Waals surface area contributed by atoms with Gasteiger partial charge in [0.05, 0.1) is 6.54 Å². The molecule has 0 atom stereocenters. The van der Waals surface area contributed by atoms with E-state index in [1.54, 1.807) is 13.2 Å². The molecular weight excluding hydrogens is 250 g/mol. The van der Waals surface area contributed by atoms with Crippen LogP contribution >= 0.6 is 0 Å². The Morgan fingerprint density at radius 1 is 1.20 bits per heavy atom. The van der Waals surface area contributed by atoms with Crippen LogP contribution in [0.5, 0.6) is 0 Å². The third kappa shape index (κ3) is 3.85. The molecule has 1 aromatic carbocycles. The summed E-state index contributed by atoms with van der Waals surface area (Å²) in [5.74, 6) is 0.821. The molecule has 0 saturated carbocycles. The third-order valence-corrected chi connectivity index (χ3v) is 3.02. The molecule has 0 aliphatic heterocycles. The van der Waals surface area contributed by atoms with Crippen LogP contribution < -0.4 is 10.6 Å². The molecule has 0 radical (unpaired) electrons. The summed E-state index contributed by atoms with van der Waals surface area (Å²) in [6.07, 6.45) is 3.77. The minimum atomic E-state index is 0.747. The van der Waals surface area contributed by atoms with E-state index in [1.807, 2.05) is 16.9 Å². The lowest BCUT2D eigenvalue weighted by Gasteiger charge is -2.13. The Hall–Kier alpha value is -2.30. The van der Waals surface area contributed by atoms with Gasteiger partial charge in [0.1, 0.15) is 0 Å². The predicted octanol–water partition coefficient (Wildman–Crippen LogP) is 1.62. The van der Waals surface area contributed by atoms with Crippen LogP contribution in [0.3, 0.4) is 0 Å². The normalized spacial score (nSPS) is 11.4. The van der Waals surface area contributed by atoms with Gasteiger partial charge in [0.2, 0.25) is 0 Å². The number of nitrogens with zero attached hydrogens (tertiary/aromatic N) is 3. The topological polar surface area (TPSA) is 54.2 Å². The van der Waals surface area contributed by atoms with E-state index in [1.165, 1.54) is 11.1 Å². The van der Waals surface area contributed by atoms with Crippen molar-refractivity contribution in [1.82, 2.24) is 20.4 Å². The molecule has 1 aromatic heterocycles. The van der Waals surface area contributed by atoms with E-state index in [0.29, 0.717) is 0 Å². The summed E-state index contributed by atoms with van der Waals surface area (Å²) in [5.41, 5.74) is 2.51. The monoisotopic (exact) mass is 271 g/mol. The predicted molar refractivity (Wildman–Crippen MR) is 81.6 cm³/mol. The van der Waals surface area contributed by atoms with Gasteiger partial charge in [0.25, 0.3) is 0 Å². The summed E-state index contributed by atoms with van der Waals surface area (Å²) >= 11 is 0. The summed E-state index contributed by atoms with van der Waals surface area (Å²) in [5, 5.41) is 10.8. The van der Waals surface area contributed by atoms with Crippen LogP contribution in [0.25, 0.3) is 0 Å². The lowest BCUT2D eigenvalue weighted by molar-refractivity contribution is 0.678. The first-order valence-corrected chi connectivity index (χ1v) is 6.82. The molecule has 2 rings (SSSR count). The lowest BCUT2D eigenvalue weighted by atomic mass is 10.1. The van der Waals surface area contributed by atoms with E-state index in [-0.39, 0.29) is 0 Å². The maximum Gasteiger partial charge on any atom is 0.191 e. The number of nitrogens with one attached hydrogen (secondary N) is 2. The van der Waals surface area contributed by atoms with Crippen LogP contribution in [0, 0.1) is 0 Å². The Bertz CT molecular complexity index is 545. The second-order valence-electron chi connectivity index (χ2n) is 4.43. The number of hydrogen-bond acceptors (Lipinski definition) is 2. The Morgan fingerprint density at radius 2 is 2.00 bits per heavy atom. The van der Waals surface area contributed by atoms with Crippen molar-refractivity contribution in [3.63, 3.8) is 0 Å². The molecule has 0 fully saturated rings. The summed E-state index contributed by atoms with van der Waals surface area (Å²) in [6.45, 7) is 4.44. The van der Waals surface area contributed by atoms with Crippen molar-refractivity contribution in [1.29, 1.82) is 0 Å². The zero-order valence-corrected chi connectivity index (χ0v) is 12.0. The molecule has 2 aromatic rings. The SMILES string of the molecule is CCNC(=NC)NCc1ccccc1Cn1cccn1. The minimum Gasteiger partial charge on any atom is -0.357 e. The summed E-state index contributed by atoms with van der Waals surface area (Å²) in [7, 11) is 1.78. The smallest absolute Gasteiger partial charge is 0.191 e. The van der Waals surface area contributed by atoms with E-state index >= 15 is 0 Å². The lowest BCUT2D eigenvalue weighted by Crippen LogP contribution is -2.36. The van der Waals surface area contributed by atoms with Crippen molar-refractivity contribution in [3.8, 4) is 0 Å². The van der Waals surface area contributed by atoms with E-state index in [0.717, 1.165) is 25.6 Å². The fourth-order valence-electron chi connectivity index (χ4n) is 2.02. The largest absolute Gasteiger partial charge is 0.357 e. The van der Waals surface area contributed by atoms with Crippen LogP contribution in [-0.2, 0) is 13.1 Å². The number of aromatic nitrogens is 2. The Kier molecular flexibility index (Phi) is 5.17. The van der Waals surface area contributed by atoms with E-state index in [4.69, 9.17) is 0 Å². The minimum absolute atomic E-state index is 0.747. The first-order chi connectivity index (χ1) is 9.83. The average Bonchev–Trinajstić information content (AvgIpc) is 2.98. The Balaban J connectivity index is 2.04. The number of hydrogen-bond donors (Lipinski definition) is 2. The highest BCUT2D eigenvalue weighted by molar-refractivity contribution is 5.79. The van der Waals surface area contributed by atoms with Crippen LogP contribution in [0.2, 0.25) is 0 Å². The second kappa shape index (κ2) is 7.33. The molecule has 106 valence electrons. The molecule has 1 heterocycles. The summed E-state index contributed by atoms with van der Waals surface area (Å²) in [4.78, 5) is 4.18. The molecule has 0 unspecified atom stereocenters. The number of benzene rings is 1. The summed E-state index contributed by atoms with van der Waals surface area (Å²) in [6, 6.07) is 10.3. The van der Waals surface area contributed by atoms with Crippen molar-refractivity contribution in [2.24, 2.45) is 4.99 Å². The zero-order chi connectivity index (χ0) is 14.2. The van der Waals surface area contributed by atoms with Gasteiger partial charge in [-0.15, -0.1) is 0 Å². The van der Waals surface area contributed by atoms with E-state index in [2.05, 4.69) is 51.9 Å². The van der Waals surface area contributed by atoms with E-state index in [9.17, 15) is 0 Å². The maximum atomic E-state index is 4.25. The Labute approximate surface area is 119 Å². The standard InChI is InChI=1S/C15H21N5/c1-3-17-15(16-2)18-11-13-7-4-5-8-14(13)12-20-10-6-9-19-20/h4-10H,3,11-12H2,1-2H3,(H2,16,17,18). The maximum absolute atomic E-state index is 4.25. The van der Waals surface area contributed by atoms with Crippen molar-refractivity contribution in [2.45, 2.75) is 20.0 Å². The van der Waals surface area contributed by atoms with Crippen molar-refractivity contribution in [2.75, 3.05) is 13.6 Å². The number of aliphatic imine (C=N–C) groups is 1. The molecular formula is C15H21N5. The molecule has 0 spiro atoms. The first-order valence-electron chi connectivity index (χ1n) is 6.82. The highest BCUT2D eigenvalue weighted by atomic mass is 15.3. The molecule has 20 heavy (non-hydrogen) atoms. The van der Waals surface area contributed by atoms with Gasteiger partial charge in [-0.3, -0.25) is 9.67 Å². The summed E-state index contributed by atoms with van der Waals surface area (Å²) < 4.78 is 1.93. The van der Waals surface area contributed by atoms with Crippen molar-refractivity contribution >= 4 is 5.96 Å². The molecule has 0 amide bonds. The molecule has 0 saturated heterocycles. The molecule has 2 N–H and O–H groups in total. The van der Waals surface area contributed by atoms with Gasteiger partial charge >= 0.3 is 0 Å². The van der Waals surface area contributed by atoms with Gasteiger partial charge in [-0.25, -0.2) is 0 Å². The van der Waals surface area contributed by atoms with Gasteiger partial charge in [-0.05, 0) is 24.1 Å². The number of rotatable bonds is 5. The fourth-order valence-corrected chi connectivity index (χ4v) is 2.02. The second-order valence-corrected chi connectivity index (χ2v) is 4.43. The highest BCUT2D eigenvalue weighted by Crippen LogP contribution is 2.10. The zero-order valence-electron chi connectivity index (χ0n) is 12.0. The van der Waals surface area contributed by atoms with Crippen LogP contribution in [-0.4, -0.2) is 29.3 Å². The van der Waals surface area contributed by atoms with E-state index < -0.39 is 0 Å². The molecule has 0 aliphatic rings. The van der Waals surface area contributed by atoms with Gasteiger partial charge in [0.15, 0.2) is 5.96 Å². The van der Waals surface area contributed by atoms with Gasteiger partial charge < -0.3 is 10.6 Å². The quantitative estimate of drug-likeness (QED) is 0.642. The van der Waals surface area contributed by atoms with Crippen molar-refractivity contribution in [3.05, 3.63) is 53.9 Å². The molecule has 0 bridgehead atoms. The Morgan fingerprint density at radius 3 is 2.65 bits per heavy atom. The third-order valence-electron chi connectivity index (χ3n) is 3.02. The molecule has 5 heteroatoms. The van der Waals surface area contributed by atoms with Gasteiger partial charge in [-0.2, -0.15) is 5.10 Å². The molecule has 5 nitrogen and oxygen atoms in total. The van der Waals surface area contributed by atoms with Gasteiger partial charge in [-0.1, -0.05) is 24.3 Å².